The number of benzene rings is 1. The molecule has 0 fully saturated rings. The van der Waals surface area contributed by atoms with E-state index in [2.05, 4.69) is 20.9 Å². The Morgan fingerprint density at radius 1 is 1.44 bits per heavy atom. The molecule has 0 unspecified atom stereocenters. The SMILES string of the molecule is Cc1ncn(-c2ccccc2Br)c1C(=O)O. The van der Waals surface area contributed by atoms with Crippen LogP contribution in [0.5, 0.6) is 0 Å². The monoisotopic (exact) mass is 280 g/mol. The number of rotatable bonds is 2. The summed E-state index contributed by atoms with van der Waals surface area (Å²) in [5, 5.41) is 9.11. The minimum atomic E-state index is -0.981. The first-order valence-electron chi connectivity index (χ1n) is 4.63. The van der Waals surface area contributed by atoms with Gasteiger partial charge in [0.2, 0.25) is 0 Å². The molecular formula is C11H9BrN2O2. The number of imidazole rings is 1. The number of carboxylic acids is 1. The normalized spacial score (nSPS) is 10.4. The molecule has 0 bridgehead atoms. The molecule has 5 heteroatoms. The van der Waals surface area contributed by atoms with E-state index in [1.165, 1.54) is 6.33 Å². The number of aryl methyl sites for hydroxylation is 1. The van der Waals surface area contributed by atoms with Crippen LogP contribution in [0.4, 0.5) is 0 Å². The van der Waals surface area contributed by atoms with Crippen molar-refractivity contribution < 1.29 is 9.90 Å². The molecule has 4 nitrogen and oxygen atoms in total. The Kier molecular flexibility index (Phi) is 2.78. The van der Waals surface area contributed by atoms with Crippen LogP contribution in [0.3, 0.4) is 0 Å². The lowest BCUT2D eigenvalue weighted by Gasteiger charge is -2.07. The van der Waals surface area contributed by atoms with E-state index >= 15 is 0 Å². The van der Waals surface area contributed by atoms with Gasteiger partial charge in [0.1, 0.15) is 6.33 Å². The molecule has 0 aliphatic carbocycles. The van der Waals surface area contributed by atoms with Gasteiger partial charge in [-0.15, -0.1) is 0 Å². The summed E-state index contributed by atoms with van der Waals surface area (Å²) in [5.41, 5.74) is 1.45. The van der Waals surface area contributed by atoms with Gasteiger partial charge in [-0.2, -0.15) is 0 Å². The highest BCUT2D eigenvalue weighted by atomic mass is 79.9. The van der Waals surface area contributed by atoms with Crippen molar-refractivity contribution in [1.29, 1.82) is 0 Å². The Bertz CT molecular complexity index is 549. The molecule has 1 aromatic heterocycles. The minimum absolute atomic E-state index is 0.187. The second-order valence-corrected chi connectivity index (χ2v) is 4.16. The summed E-state index contributed by atoms with van der Waals surface area (Å²) < 4.78 is 2.39. The summed E-state index contributed by atoms with van der Waals surface area (Å²) in [4.78, 5) is 15.1. The first-order valence-corrected chi connectivity index (χ1v) is 5.42. The zero-order valence-corrected chi connectivity index (χ0v) is 10.1. The Balaban J connectivity index is 2.66. The van der Waals surface area contributed by atoms with Crippen molar-refractivity contribution in [2.24, 2.45) is 0 Å². The van der Waals surface area contributed by atoms with E-state index in [9.17, 15) is 4.79 Å². The van der Waals surface area contributed by atoms with Crippen LogP contribution < -0.4 is 0 Å². The average molecular weight is 281 g/mol. The van der Waals surface area contributed by atoms with Crippen molar-refractivity contribution >= 4 is 21.9 Å². The number of halogens is 1. The van der Waals surface area contributed by atoms with Gasteiger partial charge in [0.15, 0.2) is 5.69 Å². The molecule has 2 aromatic rings. The van der Waals surface area contributed by atoms with Crippen LogP contribution in [0, 0.1) is 6.92 Å². The van der Waals surface area contributed by atoms with Gasteiger partial charge < -0.3 is 5.11 Å². The highest BCUT2D eigenvalue weighted by Gasteiger charge is 2.16. The first kappa shape index (κ1) is 10.9. The summed E-state index contributed by atoms with van der Waals surface area (Å²) in [7, 11) is 0. The molecule has 0 radical (unpaired) electrons. The third-order valence-electron chi connectivity index (χ3n) is 2.27. The van der Waals surface area contributed by atoms with E-state index in [4.69, 9.17) is 5.11 Å². The Morgan fingerprint density at radius 3 is 2.75 bits per heavy atom. The van der Waals surface area contributed by atoms with Crippen LogP contribution in [-0.4, -0.2) is 20.6 Å². The molecule has 16 heavy (non-hydrogen) atoms. The van der Waals surface area contributed by atoms with Crippen molar-refractivity contribution in [3.63, 3.8) is 0 Å². The fourth-order valence-electron chi connectivity index (χ4n) is 1.53. The minimum Gasteiger partial charge on any atom is -0.477 e. The molecule has 1 N–H and O–H groups in total. The van der Waals surface area contributed by atoms with Gasteiger partial charge >= 0.3 is 5.97 Å². The predicted molar refractivity (Wildman–Crippen MR) is 63.0 cm³/mol. The third-order valence-corrected chi connectivity index (χ3v) is 2.94. The lowest BCUT2D eigenvalue weighted by Crippen LogP contribution is -2.07. The second-order valence-electron chi connectivity index (χ2n) is 3.31. The van der Waals surface area contributed by atoms with Crippen LogP contribution >= 0.6 is 15.9 Å². The predicted octanol–water partition coefficient (Wildman–Crippen LogP) is 2.64. The maximum atomic E-state index is 11.1. The van der Waals surface area contributed by atoms with Crippen molar-refractivity contribution in [1.82, 2.24) is 9.55 Å². The van der Waals surface area contributed by atoms with Gasteiger partial charge in [0.05, 0.1) is 11.4 Å². The van der Waals surface area contributed by atoms with Gasteiger partial charge in [-0.3, -0.25) is 4.57 Å². The van der Waals surface area contributed by atoms with Crippen LogP contribution in [0.1, 0.15) is 16.2 Å². The van der Waals surface area contributed by atoms with Gasteiger partial charge in [-0.05, 0) is 35.0 Å². The van der Waals surface area contributed by atoms with Gasteiger partial charge in [0.25, 0.3) is 0 Å². The molecule has 82 valence electrons. The van der Waals surface area contributed by atoms with E-state index in [-0.39, 0.29) is 5.69 Å². The van der Waals surface area contributed by atoms with Crippen LogP contribution in [-0.2, 0) is 0 Å². The lowest BCUT2D eigenvalue weighted by molar-refractivity contribution is 0.0687. The molecule has 0 spiro atoms. The number of aromatic carboxylic acids is 1. The smallest absolute Gasteiger partial charge is 0.354 e. The average Bonchev–Trinajstić information content (AvgIpc) is 2.61. The topological polar surface area (TPSA) is 55.1 Å². The fraction of sp³-hybridized carbons (Fsp3) is 0.0909. The summed E-state index contributed by atoms with van der Waals surface area (Å²) >= 11 is 3.38. The first-order chi connectivity index (χ1) is 7.61. The third kappa shape index (κ3) is 1.74. The highest BCUT2D eigenvalue weighted by Crippen LogP contribution is 2.22. The van der Waals surface area contributed by atoms with Crippen LogP contribution in [0.15, 0.2) is 35.1 Å². The quantitative estimate of drug-likeness (QED) is 0.920. The Morgan fingerprint density at radius 2 is 2.12 bits per heavy atom. The summed E-state index contributed by atoms with van der Waals surface area (Å²) in [6, 6.07) is 7.41. The maximum absolute atomic E-state index is 11.1. The van der Waals surface area contributed by atoms with Crippen molar-refractivity contribution in [3.8, 4) is 5.69 Å². The molecule has 1 aromatic carbocycles. The number of para-hydroxylation sites is 1. The zero-order valence-electron chi connectivity index (χ0n) is 8.51. The molecule has 0 aliphatic rings. The van der Waals surface area contributed by atoms with E-state index in [0.717, 1.165) is 10.2 Å². The molecular weight excluding hydrogens is 272 g/mol. The van der Waals surface area contributed by atoms with Gasteiger partial charge in [0, 0.05) is 4.47 Å². The molecule has 0 saturated carbocycles. The van der Waals surface area contributed by atoms with E-state index in [0.29, 0.717) is 5.69 Å². The molecule has 0 saturated heterocycles. The molecule has 1 heterocycles. The molecule has 0 atom stereocenters. The van der Waals surface area contributed by atoms with Crippen molar-refractivity contribution in [2.45, 2.75) is 6.92 Å². The highest BCUT2D eigenvalue weighted by molar-refractivity contribution is 9.10. The number of aromatic nitrogens is 2. The molecule has 0 aliphatic heterocycles. The van der Waals surface area contributed by atoms with Gasteiger partial charge in [-0.25, -0.2) is 9.78 Å². The van der Waals surface area contributed by atoms with E-state index in [1.54, 1.807) is 11.5 Å². The Hall–Kier alpha value is -1.62. The van der Waals surface area contributed by atoms with Crippen LogP contribution in [0.25, 0.3) is 5.69 Å². The summed E-state index contributed by atoms with van der Waals surface area (Å²) in [6.07, 6.45) is 1.51. The number of hydrogen-bond donors (Lipinski definition) is 1. The van der Waals surface area contributed by atoms with Crippen molar-refractivity contribution in [3.05, 3.63) is 46.5 Å². The molecule has 2 rings (SSSR count). The Labute approximate surface area is 101 Å². The van der Waals surface area contributed by atoms with Crippen LogP contribution in [0.2, 0.25) is 0 Å². The maximum Gasteiger partial charge on any atom is 0.354 e. The largest absolute Gasteiger partial charge is 0.477 e. The summed E-state index contributed by atoms with van der Waals surface area (Å²) in [5.74, 6) is -0.981. The molecule has 0 amide bonds. The van der Waals surface area contributed by atoms with E-state index < -0.39 is 5.97 Å². The standard InChI is InChI=1S/C11H9BrN2O2/c1-7-10(11(15)16)14(6-13-7)9-5-3-2-4-8(9)12/h2-6H,1H3,(H,15,16). The lowest BCUT2D eigenvalue weighted by atomic mass is 10.3. The number of carbonyl (C=O) groups is 1. The summed E-state index contributed by atoms with van der Waals surface area (Å²) in [6.45, 7) is 1.68. The number of carboxylic acid groups (broad SMARTS) is 1. The fourth-order valence-corrected chi connectivity index (χ4v) is 2.00. The van der Waals surface area contributed by atoms with Crippen molar-refractivity contribution in [2.75, 3.05) is 0 Å². The second kappa shape index (κ2) is 4.09. The van der Waals surface area contributed by atoms with E-state index in [1.807, 2.05) is 24.3 Å². The number of nitrogens with zero attached hydrogens (tertiary/aromatic N) is 2. The zero-order chi connectivity index (χ0) is 11.7. The number of hydrogen-bond acceptors (Lipinski definition) is 2. The van der Waals surface area contributed by atoms with Gasteiger partial charge in [-0.1, -0.05) is 12.1 Å².